The number of nitrogens with zero attached hydrogens (tertiary/aromatic N) is 3. The molecule has 1 aromatic heterocycles. The minimum absolute atomic E-state index is 1.05. The van der Waals surface area contributed by atoms with Crippen molar-refractivity contribution >= 4 is 77.5 Å². The molecular weight excluding hydrogens is 859 g/mol. The van der Waals surface area contributed by atoms with E-state index in [1.165, 1.54) is 49.1 Å². The molecule has 0 saturated carbocycles. The van der Waals surface area contributed by atoms with Crippen molar-refractivity contribution in [2.45, 2.75) is 0 Å². The quantitative estimate of drug-likeness (QED) is 0.127. The lowest BCUT2D eigenvalue weighted by molar-refractivity contribution is 1.18. The normalized spacial score (nSPS) is 11.4. The number of anilines is 6. The molecular formula is C68H47N3. The number of rotatable bonds is 10. The van der Waals surface area contributed by atoms with Crippen LogP contribution in [0.4, 0.5) is 34.1 Å². The van der Waals surface area contributed by atoms with Crippen molar-refractivity contribution in [3.05, 3.63) is 285 Å². The largest absolute Gasteiger partial charge is 0.310 e. The van der Waals surface area contributed by atoms with Crippen molar-refractivity contribution in [1.82, 2.24) is 4.57 Å². The minimum Gasteiger partial charge on any atom is -0.310 e. The van der Waals surface area contributed by atoms with E-state index in [0.29, 0.717) is 0 Å². The summed E-state index contributed by atoms with van der Waals surface area (Å²) in [5, 5.41) is 7.16. The number of benzene rings is 12. The van der Waals surface area contributed by atoms with E-state index in [2.05, 4.69) is 299 Å². The first-order valence-electron chi connectivity index (χ1n) is 24.3. The van der Waals surface area contributed by atoms with Gasteiger partial charge in [-0.3, -0.25) is 0 Å². The van der Waals surface area contributed by atoms with Crippen LogP contribution in [0.2, 0.25) is 0 Å². The molecule has 3 heteroatoms. The summed E-state index contributed by atoms with van der Waals surface area (Å²) in [6.07, 6.45) is 0. The van der Waals surface area contributed by atoms with E-state index < -0.39 is 0 Å². The Kier molecular flexibility index (Phi) is 10.5. The van der Waals surface area contributed by atoms with Crippen LogP contribution in [0.1, 0.15) is 0 Å². The molecule has 0 spiro atoms. The van der Waals surface area contributed by atoms with Gasteiger partial charge in [-0.2, -0.15) is 0 Å². The number of hydrogen-bond donors (Lipinski definition) is 0. The average molecular weight is 906 g/mol. The fourth-order valence-corrected chi connectivity index (χ4v) is 10.7. The first-order valence-corrected chi connectivity index (χ1v) is 24.3. The lowest BCUT2D eigenvalue weighted by Crippen LogP contribution is -2.15. The zero-order valence-corrected chi connectivity index (χ0v) is 39.0. The number of fused-ring (bicyclic) bond motifs is 6. The molecule has 0 N–H and O–H groups in total. The van der Waals surface area contributed by atoms with Crippen molar-refractivity contribution in [2.75, 3.05) is 9.80 Å². The van der Waals surface area contributed by atoms with Crippen LogP contribution in [0.15, 0.2) is 285 Å². The monoisotopic (exact) mass is 905 g/mol. The smallest absolute Gasteiger partial charge is 0.0567 e. The van der Waals surface area contributed by atoms with E-state index in [0.717, 1.165) is 67.5 Å². The Hall–Kier alpha value is -9.44. The van der Waals surface area contributed by atoms with Crippen molar-refractivity contribution < 1.29 is 0 Å². The third-order valence-electron chi connectivity index (χ3n) is 13.9. The lowest BCUT2D eigenvalue weighted by Gasteiger charge is -2.33. The molecule has 0 fully saturated rings. The number of aromatic nitrogens is 1. The van der Waals surface area contributed by atoms with E-state index in [1.807, 2.05) is 0 Å². The van der Waals surface area contributed by atoms with E-state index >= 15 is 0 Å². The molecule has 3 nitrogen and oxygen atoms in total. The second-order valence-corrected chi connectivity index (χ2v) is 18.1. The maximum atomic E-state index is 2.48. The van der Waals surface area contributed by atoms with Crippen LogP contribution < -0.4 is 9.80 Å². The molecule has 13 rings (SSSR count). The average Bonchev–Trinajstić information content (AvgIpc) is 3.78. The summed E-state index contributed by atoms with van der Waals surface area (Å²) >= 11 is 0. The Morgan fingerprint density at radius 1 is 0.254 bits per heavy atom. The Labute approximate surface area is 414 Å². The van der Waals surface area contributed by atoms with Gasteiger partial charge in [0.1, 0.15) is 0 Å². The summed E-state index contributed by atoms with van der Waals surface area (Å²) in [4.78, 5) is 4.90. The summed E-state index contributed by atoms with van der Waals surface area (Å²) in [5.41, 5.74) is 17.0. The summed E-state index contributed by atoms with van der Waals surface area (Å²) in [6.45, 7) is 0. The Bertz CT molecular complexity index is 4030. The maximum absolute atomic E-state index is 2.48. The number of para-hydroxylation sites is 6. The zero-order valence-electron chi connectivity index (χ0n) is 39.0. The van der Waals surface area contributed by atoms with Gasteiger partial charge in [0.25, 0.3) is 0 Å². The van der Waals surface area contributed by atoms with E-state index in [9.17, 15) is 0 Å². The van der Waals surface area contributed by atoms with Gasteiger partial charge in [0.15, 0.2) is 0 Å². The Morgan fingerprint density at radius 2 is 0.732 bits per heavy atom. The maximum Gasteiger partial charge on any atom is 0.0567 e. The van der Waals surface area contributed by atoms with Gasteiger partial charge in [-0.15, -0.1) is 0 Å². The van der Waals surface area contributed by atoms with Crippen LogP contribution in [0.3, 0.4) is 0 Å². The molecule has 0 aliphatic carbocycles. The highest BCUT2D eigenvalue weighted by Gasteiger charge is 2.25. The second-order valence-electron chi connectivity index (χ2n) is 18.1. The molecule has 0 aliphatic rings. The van der Waals surface area contributed by atoms with Gasteiger partial charge in [-0.05, 0) is 117 Å². The van der Waals surface area contributed by atoms with Gasteiger partial charge in [0, 0.05) is 50.0 Å². The molecule has 0 aliphatic heterocycles. The molecule has 0 radical (unpaired) electrons. The highest BCUT2D eigenvalue weighted by Crippen LogP contribution is 2.50. The topological polar surface area (TPSA) is 11.4 Å². The van der Waals surface area contributed by atoms with Crippen LogP contribution in [-0.2, 0) is 0 Å². The Morgan fingerprint density at radius 3 is 1.38 bits per heavy atom. The lowest BCUT2D eigenvalue weighted by atomic mass is 9.94. The van der Waals surface area contributed by atoms with E-state index in [-0.39, 0.29) is 0 Å². The first kappa shape index (κ1) is 41.7. The van der Waals surface area contributed by atoms with Crippen LogP contribution in [0.5, 0.6) is 0 Å². The molecule has 0 unspecified atom stereocenters. The summed E-state index contributed by atoms with van der Waals surface area (Å²) in [7, 11) is 0. The molecule has 1 heterocycles. The van der Waals surface area contributed by atoms with Gasteiger partial charge in [0.05, 0.1) is 28.1 Å². The third kappa shape index (κ3) is 7.49. The first-order chi connectivity index (χ1) is 35.2. The minimum atomic E-state index is 1.05. The van der Waals surface area contributed by atoms with Gasteiger partial charge >= 0.3 is 0 Å². The fraction of sp³-hybridized carbons (Fsp3) is 0. The van der Waals surface area contributed by atoms with Gasteiger partial charge in [-0.25, -0.2) is 0 Å². The van der Waals surface area contributed by atoms with Crippen LogP contribution in [0, 0.1) is 0 Å². The predicted octanol–water partition coefficient (Wildman–Crippen LogP) is 19.0. The fourth-order valence-electron chi connectivity index (χ4n) is 10.7. The van der Waals surface area contributed by atoms with E-state index in [1.54, 1.807) is 0 Å². The second kappa shape index (κ2) is 17.9. The van der Waals surface area contributed by atoms with Gasteiger partial charge in [-0.1, -0.05) is 206 Å². The highest BCUT2D eigenvalue weighted by molar-refractivity contribution is 6.18. The molecule has 13 aromatic rings. The Balaban J connectivity index is 1.07. The molecule has 12 aromatic carbocycles. The van der Waals surface area contributed by atoms with Crippen molar-refractivity contribution in [2.24, 2.45) is 0 Å². The van der Waals surface area contributed by atoms with Crippen LogP contribution in [-0.4, -0.2) is 4.57 Å². The predicted molar refractivity (Wildman–Crippen MR) is 301 cm³/mol. The summed E-state index contributed by atoms with van der Waals surface area (Å²) in [6, 6.07) is 104. The van der Waals surface area contributed by atoms with Crippen molar-refractivity contribution in [3.8, 4) is 39.1 Å². The SMILES string of the molecule is c1ccc(-c2ccccc2N(c2ccccc2)c2cc(N(c3ccccc3)c3ccccc3-c3ccccc3)c3c(ccc4cc(-c5ccc6c7ccccc7n(-c7ccccc7)c6c5)ccc43)c2)cc1. The van der Waals surface area contributed by atoms with Crippen molar-refractivity contribution in [3.63, 3.8) is 0 Å². The van der Waals surface area contributed by atoms with Gasteiger partial charge < -0.3 is 14.4 Å². The molecule has 0 amide bonds. The zero-order chi connectivity index (χ0) is 47.1. The van der Waals surface area contributed by atoms with Crippen LogP contribution >= 0.6 is 0 Å². The molecule has 0 saturated heterocycles. The third-order valence-corrected chi connectivity index (χ3v) is 13.9. The highest BCUT2D eigenvalue weighted by atomic mass is 15.2. The molecule has 334 valence electrons. The molecule has 71 heavy (non-hydrogen) atoms. The van der Waals surface area contributed by atoms with E-state index in [4.69, 9.17) is 0 Å². The summed E-state index contributed by atoms with van der Waals surface area (Å²) < 4.78 is 2.40. The van der Waals surface area contributed by atoms with Crippen LogP contribution in [0.25, 0.3) is 82.4 Å². The molecule has 0 bridgehead atoms. The number of hydrogen-bond acceptors (Lipinski definition) is 2. The van der Waals surface area contributed by atoms with Crippen molar-refractivity contribution in [1.29, 1.82) is 0 Å². The van der Waals surface area contributed by atoms with Gasteiger partial charge in [0.2, 0.25) is 0 Å². The molecule has 0 atom stereocenters. The summed E-state index contributed by atoms with van der Waals surface area (Å²) in [5.74, 6) is 0. The standard InChI is InChI=1S/C68H47N3/c1-6-22-48(23-7-1)58-32-16-19-35-63(58)69(54-26-10-3-11-27-54)57-45-53-39-38-52-44-50(51-41-43-62-61-34-18-21-37-65(61)70(66(62)46-51)55-28-12-4-13-29-55)40-42-60(52)68(53)67(47-57)71(56-30-14-5-15-31-56)64-36-20-17-33-59(64)49-24-8-2-9-25-49/h1-47H.